The van der Waals surface area contributed by atoms with E-state index in [-0.39, 0.29) is 11.9 Å². The van der Waals surface area contributed by atoms with Gasteiger partial charge in [-0.2, -0.15) is 23.5 Å². The lowest BCUT2D eigenvalue weighted by atomic mass is 10.1. The maximum atomic E-state index is 11.6. The van der Waals surface area contributed by atoms with Crippen molar-refractivity contribution in [2.75, 3.05) is 18.1 Å². The Morgan fingerprint density at radius 2 is 2.21 bits per heavy atom. The third kappa shape index (κ3) is 4.77. The van der Waals surface area contributed by atoms with Crippen LogP contribution in [0.5, 0.6) is 0 Å². The molecule has 1 aliphatic rings. The number of carbonyl (C=O) groups is 1. The zero-order valence-electron chi connectivity index (χ0n) is 11.2. The molecule has 2 unspecified atom stereocenters. The molecule has 2 nitrogen and oxygen atoms in total. The minimum atomic E-state index is -0.00874. The molecule has 0 aromatic heterocycles. The van der Waals surface area contributed by atoms with Crippen LogP contribution >= 0.6 is 23.5 Å². The second kappa shape index (κ2) is 7.85. The van der Waals surface area contributed by atoms with E-state index in [9.17, 15) is 4.79 Å². The average Bonchev–Trinajstić information content (AvgIpc) is 2.89. The summed E-state index contributed by atoms with van der Waals surface area (Å²) in [6.45, 7) is 2.36. The highest BCUT2D eigenvalue weighted by molar-refractivity contribution is 8.03. The Balaban J connectivity index is 1.67. The third-order valence-electron chi connectivity index (χ3n) is 3.12. The van der Waals surface area contributed by atoms with Crippen molar-refractivity contribution >= 4 is 29.5 Å². The van der Waals surface area contributed by atoms with Crippen LogP contribution in [0.15, 0.2) is 30.3 Å². The van der Waals surface area contributed by atoms with Crippen molar-refractivity contribution in [1.82, 2.24) is 0 Å². The molecule has 19 heavy (non-hydrogen) atoms. The molecule has 0 spiro atoms. The lowest BCUT2D eigenvalue weighted by molar-refractivity contribution is -0.147. The Bertz CT molecular complexity index is 394. The first-order valence-electron chi connectivity index (χ1n) is 6.69. The zero-order chi connectivity index (χ0) is 13.5. The summed E-state index contributed by atoms with van der Waals surface area (Å²) in [5, 5.41) is 0.600. The molecule has 1 aromatic carbocycles. The highest BCUT2D eigenvalue weighted by atomic mass is 32.2. The first kappa shape index (κ1) is 14.8. The van der Waals surface area contributed by atoms with Crippen LogP contribution in [0.1, 0.15) is 18.9 Å². The molecule has 2 atom stereocenters. The zero-order valence-corrected chi connectivity index (χ0v) is 12.8. The summed E-state index contributed by atoms with van der Waals surface area (Å²) in [6.07, 6.45) is 0.977. The van der Waals surface area contributed by atoms with Gasteiger partial charge >= 0.3 is 5.97 Å². The van der Waals surface area contributed by atoms with E-state index in [1.807, 2.05) is 36.5 Å². The van der Waals surface area contributed by atoms with E-state index in [0.717, 1.165) is 23.7 Å². The second-order valence-electron chi connectivity index (χ2n) is 4.64. The number of hydrogen-bond acceptors (Lipinski definition) is 4. The van der Waals surface area contributed by atoms with Gasteiger partial charge in [0.05, 0.1) is 12.5 Å². The lowest BCUT2D eigenvalue weighted by Crippen LogP contribution is -2.18. The summed E-state index contributed by atoms with van der Waals surface area (Å²) in [4.78, 5) is 11.6. The van der Waals surface area contributed by atoms with Crippen molar-refractivity contribution in [3.05, 3.63) is 35.9 Å². The molecule has 0 saturated carbocycles. The maximum absolute atomic E-state index is 11.6. The molecule has 4 heteroatoms. The van der Waals surface area contributed by atoms with Crippen LogP contribution in [0.25, 0.3) is 0 Å². The van der Waals surface area contributed by atoms with Crippen molar-refractivity contribution in [1.29, 1.82) is 0 Å². The highest BCUT2D eigenvalue weighted by Crippen LogP contribution is 2.34. The van der Waals surface area contributed by atoms with Crippen molar-refractivity contribution in [3.63, 3.8) is 0 Å². The maximum Gasteiger partial charge on any atom is 0.309 e. The van der Waals surface area contributed by atoms with Crippen LogP contribution in [0.3, 0.4) is 0 Å². The molecular formula is C15H20O2S2. The minimum Gasteiger partial charge on any atom is -0.466 e. The molecule has 1 aliphatic heterocycles. The molecule has 0 amide bonds. The predicted molar refractivity (Wildman–Crippen MR) is 83.6 cm³/mol. The summed E-state index contributed by atoms with van der Waals surface area (Å²) in [7, 11) is 0. The fourth-order valence-electron chi connectivity index (χ4n) is 2.13. The molecule has 1 aromatic rings. The summed E-state index contributed by atoms with van der Waals surface area (Å²) < 4.78 is 5.09. The van der Waals surface area contributed by atoms with E-state index in [4.69, 9.17) is 4.74 Å². The first-order chi connectivity index (χ1) is 9.29. The Labute approximate surface area is 123 Å². The van der Waals surface area contributed by atoms with Crippen molar-refractivity contribution in [2.45, 2.75) is 24.3 Å². The second-order valence-corrected chi connectivity index (χ2v) is 7.00. The first-order valence-corrected chi connectivity index (χ1v) is 8.90. The van der Waals surface area contributed by atoms with E-state index in [1.54, 1.807) is 0 Å². The SMILES string of the molecule is CCOC(=O)C1CSC(CSCc2ccccc2)C1. The summed E-state index contributed by atoms with van der Waals surface area (Å²) in [5.41, 5.74) is 1.37. The Hall–Kier alpha value is -0.610. The topological polar surface area (TPSA) is 26.3 Å². The molecule has 0 radical (unpaired) electrons. The van der Waals surface area contributed by atoms with Gasteiger partial charge in [0, 0.05) is 22.5 Å². The molecule has 0 bridgehead atoms. The summed E-state index contributed by atoms with van der Waals surface area (Å²) in [6, 6.07) is 10.5. The lowest BCUT2D eigenvalue weighted by Gasteiger charge is -2.09. The van der Waals surface area contributed by atoms with E-state index >= 15 is 0 Å². The van der Waals surface area contributed by atoms with Crippen molar-refractivity contribution in [2.24, 2.45) is 5.92 Å². The number of hydrogen-bond donors (Lipinski definition) is 0. The normalized spacial score (nSPS) is 22.4. The molecular weight excluding hydrogens is 276 g/mol. The monoisotopic (exact) mass is 296 g/mol. The van der Waals surface area contributed by atoms with Gasteiger partial charge in [0.15, 0.2) is 0 Å². The standard InChI is InChI=1S/C15H20O2S2/c1-2-17-15(16)13-8-14(19-10-13)11-18-9-12-6-4-3-5-7-12/h3-7,13-14H,2,8-11H2,1H3. The summed E-state index contributed by atoms with van der Waals surface area (Å²) in [5.74, 6) is 3.21. The number of thioether (sulfide) groups is 2. The van der Waals surface area contributed by atoms with Gasteiger partial charge in [0.25, 0.3) is 0 Å². The van der Waals surface area contributed by atoms with Gasteiger partial charge in [-0.05, 0) is 18.9 Å². The molecule has 1 heterocycles. The number of rotatable bonds is 6. The largest absolute Gasteiger partial charge is 0.466 e. The van der Waals surface area contributed by atoms with Crippen LogP contribution in [-0.4, -0.2) is 29.3 Å². The highest BCUT2D eigenvalue weighted by Gasteiger charge is 2.31. The smallest absolute Gasteiger partial charge is 0.309 e. The average molecular weight is 296 g/mol. The van der Waals surface area contributed by atoms with Crippen molar-refractivity contribution in [3.8, 4) is 0 Å². The molecule has 1 saturated heterocycles. The minimum absolute atomic E-state index is 0.00874. The van der Waals surface area contributed by atoms with Gasteiger partial charge in [-0.3, -0.25) is 4.79 Å². The molecule has 1 fully saturated rings. The van der Waals surface area contributed by atoms with Gasteiger partial charge in [0.1, 0.15) is 0 Å². The van der Waals surface area contributed by atoms with Gasteiger partial charge in [0.2, 0.25) is 0 Å². The molecule has 0 N–H and O–H groups in total. The van der Waals surface area contributed by atoms with Crippen LogP contribution in [0.4, 0.5) is 0 Å². The van der Waals surface area contributed by atoms with Gasteiger partial charge in [-0.1, -0.05) is 30.3 Å². The Morgan fingerprint density at radius 1 is 1.42 bits per heavy atom. The van der Waals surface area contributed by atoms with Crippen LogP contribution in [0.2, 0.25) is 0 Å². The predicted octanol–water partition coefficient (Wildman–Crippen LogP) is 3.60. The van der Waals surface area contributed by atoms with Crippen LogP contribution in [-0.2, 0) is 15.3 Å². The Morgan fingerprint density at radius 3 is 2.95 bits per heavy atom. The summed E-state index contributed by atoms with van der Waals surface area (Å²) >= 11 is 3.88. The van der Waals surface area contributed by atoms with E-state index in [1.165, 1.54) is 5.56 Å². The fraction of sp³-hybridized carbons (Fsp3) is 0.533. The van der Waals surface area contributed by atoms with E-state index in [0.29, 0.717) is 11.9 Å². The van der Waals surface area contributed by atoms with Gasteiger partial charge < -0.3 is 4.74 Å². The fourth-order valence-corrected chi connectivity index (χ4v) is 4.89. The Kier molecular flexibility index (Phi) is 6.11. The number of carbonyl (C=O) groups excluding carboxylic acids is 1. The van der Waals surface area contributed by atoms with Gasteiger partial charge in [-0.15, -0.1) is 0 Å². The quantitative estimate of drug-likeness (QED) is 0.749. The van der Waals surface area contributed by atoms with Crippen molar-refractivity contribution < 1.29 is 9.53 Å². The van der Waals surface area contributed by atoms with E-state index in [2.05, 4.69) is 24.3 Å². The molecule has 0 aliphatic carbocycles. The third-order valence-corrected chi connectivity index (χ3v) is 5.93. The van der Waals surface area contributed by atoms with Crippen LogP contribution in [0, 0.1) is 5.92 Å². The number of benzene rings is 1. The van der Waals surface area contributed by atoms with Crippen LogP contribution < -0.4 is 0 Å². The molecule has 2 rings (SSSR count). The number of ether oxygens (including phenoxy) is 1. The molecule has 104 valence electrons. The van der Waals surface area contributed by atoms with E-state index < -0.39 is 0 Å². The van der Waals surface area contributed by atoms with Gasteiger partial charge in [-0.25, -0.2) is 0 Å². The number of esters is 1.